The van der Waals surface area contributed by atoms with Gasteiger partial charge in [0, 0.05) is 31.7 Å². The maximum absolute atomic E-state index is 12.7. The Morgan fingerprint density at radius 2 is 1.74 bits per heavy atom. The fraction of sp³-hybridized carbons (Fsp3) is 0.333. The minimum atomic E-state index is -0.0980. The van der Waals surface area contributed by atoms with Gasteiger partial charge in [0.05, 0.1) is 35.3 Å². The molecule has 0 saturated carbocycles. The van der Waals surface area contributed by atoms with Gasteiger partial charge in [0.1, 0.15) is 0 Å². The van der Waals surface area contributed by atoms with Crippen LogP contribution in [0.4, 0.5) is 0 Å². The number of halogens is 1. The van der Waals surface area contributed by atoms with Crippen molar-refractivity contribution in [1.29, 1.82) is 0 Å². The molecular formula is C24H27ClN4O2. The van der Waals surface area contributed by atoms with Gasteiger partial charge in [-0.1, -0.05) is 35.9 Å². The Labute approximate surface area is 187 Å². The topological polar surface area (TPSA) is 59.4 Å². The highest BCUT2D eigenvalue weighted by molar-refractivity contribution is 6.31. The van der Waals surface area contributed by atoms with Crippen LogP contribution in [0.25, 0.3) is 5.69 Å². The minimum Gasteiger partial charge on any atom is -0.379 e. The van der Waals surface area contributed by atoms with Crippen LogP contribution in [0.3, 0.4) is 0 Å². The number of aromatic nitrogens is 2. The summed E-state index contributed by atoms with van der Waals surface area (Å²) in [7, 11) is 0. The lowest BCUT2D eigenvalue weighted by Crippen LogP contribution is -2.36. The number of aryl methyl sites for hydroxylation is 1. The van der Waals surface area contributed by atoms with Gasteiger partial charge in [0.2, 0.25) is 0 Å². The van der Waals surface area contributed by atoms with E-state index in [0.717, 1.165) is 55.5 Å². The highest BCUT2D eigenvalue weighted by Gasteiger charge is 2.14. The molecule has 0 unspecified atom stereocenters. The largest absolute Gasteiger partial charge is 0.379 e. The smallest absolute Gasteiger partial charge is 0.251 e. The zero-order chi connectivity index (χ0) is 21.8. The summed E-state index contributed by atoms with van der Waals surface area (Å²) in [6.45, 7) is 8.60. The average molecular weight is 439 g/mol. The molecule has 4 rings (SSSR count). The molecule has 7 heteroatoms. The molecule has 6 nitrogen and oxygen atoms in total. The number of carbonyl (C=O) groups is 1. The van der Waals surface area contributed by atoms with Crippen molar-refractivity contribution < 1.29 is 9.53 Å². The summed E-state index contributed by atoms with van der Waals surface area (Å²) in [4.78, 5) is 15.1. The molecule has 2 heterocycles. The third-order valence-electron chi connectivity index (χ3n) is 5.63. The van der Waals surface area contributed by atoms with E-state index >= 15 is 0 Å². The van der Waals surface area contributed by atoms with E-state index in [1.54, 1.807) is 4.68 Å². The van der Waals surface area contributed by atoms with E-state index in [-0.39, 0.29) is 5.91 Å². The highest BCUT2D eigenvalue weighted by atomic mass is 35.5. The summed E-state index contributed by atoms with van der Waals surface area (Å²) in [6, 6.07) is 15.7. The van der Waals surface area contributed by atoms with Crippen molar-refractivity contribution in [1.82, 2.24) is 20.0 Å². The molecule has 1 aliphatic heterocycles. The van der Waals surface area contributed by atoms with E-state index in [0.29, 0.717) is 17.1 Å². The molecule has 2 aromatic carbocycles. The van der Waals surface area contributed by atoms with Crippen LogP contribution in [0.2, 0.25) is 5.02 Å². The monoisotopic (exact) mass is 438 g/mol. The summed E-state index contributed by atoms with van der Waals surface area (Å²) >= 11 is 6.25. The quantitative estimate of drug-likeness (QED) is 0.634. The van der Waals surface area contributed by atoms with Crippen LogP contribution in [0, 0.1) is 13.8 Å². The molecule has 1 N–H and O–H groups in total. The van der Waals surface area contributed by atoms with Crippen molar-refractivity contribution in [3.05, 3.63) is 81.6 Å². The maximum atomic E-state index is 12.7. The Morgan fingerprint density at radius 1 is 1.06 bits per heavy atom. The molecule has 0 aliphatic carbocycles. The SMILES string of the molecule is Cc1nn(-c2ccc(C(=O)NCc3ccccc3CN3CCOCC3)cc2)c(C)c1Cl. The Hall–Kier alpha value is -2.67. The van der Waals surface area contributed by atoms with Gasteiger partial charge in [-0.3, -0.25) is 9.69 Å². The predicted octanol–water partition coefficient (Wildman–Crippen LogP) is 3.90. The lowest BCUT2D eigenvalue weighted by atomic mass is 10.1. The number of hydrogen-bond donors (Lipinski definition) is 1. The van der Waals surface area contributed by atoms with Crippen molar-refractivity contribution >= 4 is 17.5 Å². The van der Waals surface area contributed by atoms with Crippen LogP contribution in [-0.2, 0) is 17.8 Å². The third kappa shape index (κ3) is 4.98. The van der Waals surface area contributed by atoms with E-state index in [2.05, 4.69) is 27.4 Å². The Morgan fingerprint density at radius 3 is 2.39 bits per heavy atom. The molecule has 0 atom stereocenters. The Bertz CT molecular complexity index is 1060. The van der Waals surface area contributed by atoms with Gasteiger partial charge in [0.25, 0.3) is 5.91 Å². The van der Waals surface area contributed by atoms with Crippen LogP contribution in [0.15, 0.2) is 48.5 Å². The van der Waals surface area contributed by atoms with Gasteiger partial charge < -0.3 is 10.1 Å². The lowest BCUT2D eigenvalue weighted by molar-refractivity contribution is 0.0340. The van der Waals surface area contributed by atoms with Crippen LogP contribution in [0.1, 0.15) is 32.9 Å². The van der Waals surface area contributed by atoms with Crippen LogP contribution in [0.5, 0.6) is 0 Å². The molecular weight excluding hydrogens is 412 g/mol. The van der Waals surface area contributed by atoms with E-state index in [9.17, 15) is 4.79 Å². The first-order valence-corrected chi connectivity index (χ1v) is 10.9. The van der Waals surface area contributed by atoms with Crippen LogP contribution >= 0.6 is 11.6 Å². The number of benzene rings is 2. The zero-order valence-electron chi connectivity index (χ0n) is 17.9. The van der Waals surface area contributed by atoms with Gasteiger partial charge in [-0.15, -0.1) is 0 Å². The number of hydrogen-bond acceptors (Lipinski definition) is 4. The zero-order valence-corrected chi connectivity index (χ0v) is 18.7. The summed E-state index contributed by atoms with van der Waals surface area (Å²) in [6.07, 6.45) is 0. The van der Waals surface area contributed by atoms with E-state index in [1.165, 1.54) is 5.56 Å². The van der Waals surface area contributed by atoms with E-state index in [1.807, 2.05) is 50.2 Å². The Balaban J connectivity index is 1.40. The molecule has 31 heavy (non-hydrogen) atoms. The highest BCUT2D eigenvalue weighted by Crippen LogP contribution is 2.22. The van der Waals surface area contributed by atoms with Gasteiger partial charge in [-0.05, 0) is 49.2 Å². The normalized spacial score (nSPS) is 14.5. The van der Waals surface area contributed by atoms with Crippen molar-refractivity contribution in [3.8, 4) is 5.69 Å². The first kappa shape index (κ1) is 21.6. The number of carbonyl (C=O) groups excluding carboxylic acids is 1. The van der Waals surface area contributed by atoms with Gasteiger partial charge >= 0.3 is 0 Å². The molecule has 0 spiro atoms. The average Bonchev–Trinajstić information content (AvgIpc) is 3.06. The molecule has 3 aromatic rings. The molecule has 1 amide bonds. The van der Waals surface area contributed by atoms with Crippen LogP contribution in [-0.4, -0.2) is 46.9 Å². The minimum absolute atomic E-state index is 0.0980. The number of rotatable bonds is 6. The lowest BCUT2D eigenvalue weighted by Gasteiger charge is -2.27. The standard InChI is InChI=1S/C24H27ClN4O2/c1-17-23(25)18(2)29(27-17)22-9-7-19(8-10-22)24(30)26-15-20-5-3-4-6-21(20)16-28-11-13-31-14-12-28/h3-10H,11-16H2,1-2H3,(H,26,30). The molecule has 0 radical (unpaired) electrons. The van der Waals surface area contributed by atoms with Crippen molar-refractivity contribution in [2.24, 2.45) is 0 Å². The Kier molecular flexibility index (Phi) is 6.70. The molecule has 1 aliphatic rings. The first-order valence-electron chi connectivity index (χ1n) is 10.5. The predicted molar refractivity (Wildman–Crippen MR) is 122 cm³/mol. The van der Waals surface area contributed by atoms with Crippen molar-refractivity contribution in [2.45, 2.75) is 26.9 Å². The van der Waals surface area contributed by atoms with Gasteiger partial charge in [-0.25, -0.2) is 4.68 Å². The van der Waals surface area contributed by atoms with Gasteiger partial charge in [0.15, 0.2) is 0 Å². The van der Waals surface area contributed by atoms with Crippen molar-refractivity contribution in [3.63, 3.8) is 0 Å². The summed E-state index contributed by atoms with van der Waals surface area (Å²) in [5.74, 6) is -0.0980. The summed E-state index contributed by atoms with van der Waals surface area (Å²) < 4.78 is 7.23. The first-order chi connectivity index (χ1) is 15.0. The number of morpholine rings is 1. The van der Waals surface area contributed by atoms with Gasteiger partial charge in [-0.2, -0.15) is 5.10 Å². The number of ether oxygens (including phenoxy) is 1. The fourth-order valence-corrected chi connectivity index (χ4v) is 3.91. The number of amides is 1. The second-order valence-corrected chi connectivity index (χ2v) is 8.16. The van der Waals surface area contributed by atoms with Crippen molar-refractivity contribution in [2.75, 3.05) is 26.3 Å². The second-order valence-electron chi connectivity index (χ2n) is 7.78. The summed E-state index contributed by atoms with van der Waals surface area (Å²) in [5, 5.41) is 8.18. The van der Waals surface area contributed by atoms with Crippen LogP contribution < -0.4 is 5.32 Å². The third-order valence-corrected chi connectivity index (χ3v) is 6.18. The number of nitrogens with one attached hydrogen (secondary N) is 1. The molecule has 0 bridgehead atoms. The summed E-state index contributed by atoms with van der Waals surface area (Å²) in [5.41, 5.74) is 5.53. The molecule has 162 valence electrons. The second kappa shape index (κ2) is 9.64. The van der Waals surface area contributed by atoms with E-state index < -0.39 is 0 Å². The molecule has 1 saturated heterocycles. The number of nitrogens with zero attached hydrogens (tertiary/aromatic N) is 3. The fourth-order valence-electron chi connectivity index (χ4n) is 3.79. The molecule has 1 aromatic heterocycles. The molecule has 1 fully saturated rings. The maximum Gasteiger partial charge on any atom is 0.251 e. The van der Waals surface area contributed by atoms with E-state index in [4.69, 9.17) is 16.3 Å².